The van der Waals surface area contributed by atoms with Gasteiger partial charge in [0.25, 0.3) is 0 Å². The third-order valence-corrected chi connectivity index (χ3v) is 2.55. The lowest BCUT2D eigenvalue weighted by atomic mass is 10.4. The molecule has 0 aliphatic heterocycles. The molecule has 3 heteroatoms. The number of nitrogens with two attached hydrogens (primary N) is 1. The van der Waals surface area contributed by atoms with Gasteiger partial charge in [-0.1, -0.05) is 25.1 Å². The molecular formula is C9H14ClNS. The summed E-state index contributed by atoms with van der Waals surface area (Å²) in [6.45, 7) is 2.87. The summed E-state index contributed by atoms with van der Waals surface area (Å²) in [5, 5.41) is 0.511. The van der Waals surface area contributed by atoms with Gasteiger partial charge in [0, 0.05) is 16.7 Å². The number of benzene rings is 1. The van der Waals surface area contributed by atoms with E-state index in [1.165, 1.54) is 4.90 Å². The first-order valence-electron chi connectivity index (χ1n) is 3.74. The van der Waals surface area contributed by atoms with Crippen LogP contribution in [0.15, 0.2) is 35.2 Å². The SMILES string of the molecule is CC(CN)Sc1ccccc1.Cl. The van der Waals surface area contributed by atoms with Gasteiger partial charge in [-0.25, -0.2) is 0 Å². The van der Waals surface area contributed by atoms with Crippen LogP contribution in [0.3, 0.4) is 0 Å². The average Bonchev–Trinajstić information content (AvgIpc) is 2.06. The Bertz CT molecular complexity index is 203. The Hall–Kier alpha value is -0.180. The second kappa shape index (κ2) is 6.35. The van der Waals surface area contributed by atoms with Gasteiger partial charge in [0.2, 0.25) is 0 Å². The van der Waals surface area contributed by atoms with Crippen molar-refractivity contribution in [3.63, 3.8) is 0 Å². The fraction of sp³-hybridized carbons (Fsp3) is 0.333. The second-order valence-corrected chi connectivity index (χ2v) is 3.99. The Balaban J connectivity index is 0.00000121. The maximum Gasteiger partial charge on any atom is 0.0189 e. The highest BCUT2D eigenvalue weighted by Gasteiger charge is 1.99. The zero-order chi connectivity index (χ0) is 8.10. The van der Waals surface area contributed by atoms with Gasteiger partial charge >= 0.3 is 0 Å². The largest absolute Gasteiger partial charge is 0.329 e. The van der Waals surface area contributed by atoms with Crippen molar-refractivity contribution in [2.45, 2.75) is 17.1 Å². The molecular weight excluding hydrogens is 190 g/mol. The van der Waals surface area contributed by atoms with Crippen molar-refractivity contribution in [3.05, 3.63) is 30.3 Å². The summed E-state index contributed by atoms with van der Waals surface area (Å²) in [4.78, 5) is 1.30. The molecule has 1 nitrogen and oxygen atoms in total. The summed E-state index contributed by atoms with van der Waals surface area (Å²) in [6, 6.07) is 10.3. The Kier molecular flexibility index (Phi) is 6.25. The van der Waals surface area contributed by atoms with E-state index >= 15 is 0 Å². The molecule has 1 aromatic carbocycles. The normalized spacial score (nSPS) is 11.8. The van der Waals surface area contributed by atoms with Crippen molar-refractivity contribution in [1.82, 2.24) is 0 Å². The van der Waals surface area contributed by atoms with Crippen LogP contribution in [0.1, 0.15) is 6.92 Å². The summed E-state index contributed by atoms with van der Waals surface area (Å²) >= 11 is 1.82. The predicted molar refractivity (Wildman–Crippen MR) is 58.1 cm³/mol. The van der Waals surface area contributed by atoms with Gasteiger partial charge in [0.15, 0.2) is 0 Å². The minimum absolute atomic E-state index is 0. The zero-order valence-electron chi connectivity index (χ0n) is 7.07. The molecule has 1 aromatic rings. The molecule has 1 rings (SSSR count). The van der Waals surface area contributed by atoms with E-state index < -0.39 is 0 Å². The molecule has 0 aromatic heterocycles. The van der Waals surface area contributed by atoms with Crippen molar-refractivity contribution >= 4 is 24.2 Å². The highest BCUT2D eigenvalue weighted by molar-refractivity contribution is 8.00. The Labute approximate surface area is 84.1 Å². The van der Waals surface area contributed by atoms with E-state index in [4.69, 9.17) is 5.73 Å². The van der Waals surface area contributed by atoms with E-state index in [9.17, 15) is 0 Å². The predicted octanol–water partition coefficient (Wildman–Crippen LogP) is 2.55. The summed E-state index contributed by atoms with van der Waals surface area (Å²) < 4.78 is 0. The molecule has 68 valence electrons. The molecule has 12 heavy (non-hydrogen) atoms. The number of hydrogen-bond acceptors (Lipinski definition) is 2. The van der Waals surface area contributed by atoms with Crippen LogP contribution in [0.25, 0.3) is 0 Å². The molecule has 0 bridgehead atoms. The van der Waals surface area contributed by atoms with E-state index in [1.807, 2.05) is 30.0 Å². The van der Waals surface area contributed by atoms with Gasteiger partial charge in [-0.15, -0.1) is 24.2 Å². The summed E-state index contributed by atoms with van der Waals surface area (Å²) in [5.41, 5.74) is 5.50. The van der Waals surface area contributed by atoms with E-state index in [0.717, 1.165) is 6.54 Å². The molecule has 0 aliphatic rings. The number of halogens is 1. The Morgan fingerprint density at radius 3 is 2.42 bits per heavy atom. The van der Waals surface area contributed by atoms with Crippen LogP contribution >= 0.6 is 24.2 Å². The minimum Gasteiger partial charge on any atom is -0.329 e. The van der Waals surface area contributed by atoms with Crippen LogP contribution in [0.5, 0.6) is 0 Å². The lowest BCUT2D eigenvalue weighted by Crippen LogP contribution is -2.11. The molecule has 0 radical (unpaired) electrons. The summed E-state index contributed by atoms with van der Waals surface area (Å²) in [7, 11) is 0. The van der Waals surface area contributed by atoms with E-state index in [0.29, 0.717) is 5.25 Å². The molecule has 2 N–H and O–H groups in total. The number of hydrogen-bond donors (Lipinski definition) is 1. The molecule has 0 spiro atoms. The molecule has 0 heterocycles. The van der Waals surface area contributed by atoms with Crippen LogP contribution < -0.4 is 5.73 Å². The number of thioether (sulfide) groups is 1. The minimum atomic E-state index is 0. The lowest BCUT2D eigenvalue weighted by Gasteiger charge is -2.06. The monoisotopic (exact) mass is 203 g/mol. The topological polar surface area (TPSA) is 26.0 Å². The second-order valence-electron chi connectivity index (χ2n) is 2.48. The summed E-state index contributed by atoms with van der Waals surface area (Å²) in [6.07, 6.45) is 0. The van der Waals surface area contributed by atoms with Crippen LogP contribution in [0.2, 0.25) is 0 Å². The quantitative estimate of drug-likeness (QED) is 0.765. The van der Waals surface area contributed by atoms with E-state index in [-0.39, 0.29) is 12.4 Å². The first-order valence-corrected chi connectivity index (χ1v) is 4.62. The zero-order valence-corrected chi connectivity index (χ0v) is 8.70. The third-order valence-electron chi connectivity index (χ3n) is 1.41. The molecule has 0 saturated heterocycles. The van der Waals surface area contributed by atoms with Crippen molar-refractivity contribution in [2.24, 2.45) is 5.73 Å². The van der Waals surface area contributed by atoms with Crippen molar-refractivity contribution in [2.75, 3.05) is 6.54 Å². The van der Waals surface area contributed by atoms with Gasteiger partial charge < -0.3 is 5.73 Å². The maximum absolute atomic E-state index is 5.50. The standard InChI is InChI=1S/C9H13NS.ClH/c1-8(7-10)11-9-5-3-2-4-6-9;/h2-6,8H,7,10H2,1H3;1H. The van der Waals surface area contributed by atoms with Crippen LogP contribution in [-0.2, 0) is 0 Å². The van der Waals surface area contributed by atoms with Gasteiger partial charge in [0.1, 0.15) is 0 Å². The van der Waals surface area contributed by atoms with Gasteiger partial charge in [-0.2, -0.15) is 0 Å². The molecule has 1 atom stereocenters. The smallest absolute Gasteiger partial charge is 0.0189 e. The third kappa shape index (κ3) is 4.00. The van der Waals surface area contributed by atoms with Crippen LogP contribution in [0, 0.1) is 0 Å². The molecule has 0 fully saturated rings. The average molecular weight is 204 g/mol. The molecule has 0 amide bonds. The van der Waals surface area contributed by atoms with Crippen LogP contribution in [-0.4, -0.2) is 11.8 Å². The first kappa shape index (κ1) is 11.8. The van der Waals surface area contributed by atoms with E-state index in [1.54, 1.807) is 0 Å². The Morgan fingerprint density at radius 1 is 1.33 bits per heavy atom. The van der Waals surface area contributed by atoms with Crippen molar-refractivity contribution in [3.8, 4) is 0 Å². The lowest BCUT2D eigenvalue weighted by molar-refractivity contribution is 0.951. The first-order chi connectivity index (χ1) is 5.33. The maximum atomic E-state index is 5.50. The van der Waals surface area contributed by atoms with Gasteiger partial charge in [-0.3, -0.25) is 0 Å². The van der Waals surface area contributed by atoms with Gasteiger partial charge in [0.05, 0.1) is 0 Å². The molecule has 0 saturated carbocycles. The fourth-order valence-electron chi connectivity index (χ4n) is 0.779. The Morgan fingerprint density at radius 2 is 1.92 bits per heavy atom. The van der Waals surface area contributed by atoms with Crippen molar-refractivity contribution in [1.29, 1.82) is 0 Å². The van der Waals surface area contributed by atoms with Crippen molar-refractivity contribution < 1.29 is 0 Å². The molecule has 0 aliphatic carbocycles. The highest BCUT2D eigenvalue weighted by Crippen LogP contribution is 2.21. The summed E-state index contributed by atoms with van der Waals surface area (Å²) in [5.74, 6) is 0. The van der Waals surface area contributed by atoms with Gasteiger partial charge in [-0.05, 0) is 12.1 Å². The highest BCUT2D eigenvalue weighted by atomic mass is 35.5. The van der Waals surface area contributed by atoms with Crippen LogP contribution in [0.4, 0.5) is 0 Å². The molecule has 1 unspecified atom stereocenters. The number of rotatable bonds is 3. The fourth-order valence-corrected chi connectivity index (χ4v) is 1.65. The van der Waals surface area contributed by atoms with E-state index in [2.05, 4.69) is 19.1 Å².